The van der Waals surface area contributed by atoms with E-state index in [-0.39, 0.29) is 0 Å². The summed E-state index contributed by atoms with van der Waals surface area (Å²) in [6, 6.07) is 50.6. The first kappa shape index (κ1) is 30.9. The molecule has 0 spiro atoms. The molecule has 1 unspecified atom stereocenters. The fourth-order valence-electron chi connectivity index (χ4n) is 7.37. The zero-order chi connectivity index (χ0) is 35.1. The van der Waals surface area contributed by atoms with E-state index in [4.69, 9.17) is 14.4 Å². The van der Waals surface area contributed by atoms with Gasteiger partial charge in [-0.1, -0.05) is 146 Å². The van der Waals surface area contributed by atoms with Crippen LogP contribution in [0.25, 0.3) is 83.9 Å². The predicted molar refractivity (Wildman–Crippen MR) is 217 cm³/mol. The molecule has 4 nitrogen and oxygen atoms in total. The molecule has 0 saturated carbocycles. The first-order valence-electron chi connectivity index (χ1n) is 18.0. The molecular formula is C49H33N3O. The van der Waals surface area contributed by atoms with Crippen molar-refractivity contribution in [3.05, 3.63) is 193 Å². The molecule has 250 valence electrons. The van der Waals surface area contributed by atoms with Crippen LogP contribution >= 0.6 is 0 Å². The van der Waals surface area contributed by atoms with E-state index in [1.165, 1.54) is 33.0 Å². The van der Waals surface area contributed by atoms with Gasteiger partial charge in [-0.2, -0.15) is 0 Å². The Morgan fingerprint density at radius 1 is 0.491 bits per heavy atom. The molecule has 2 heterocycles. The Morgan fingerprint density at radius 3 is 1.91 bits per heavy atom. The molecule has 0 saturated heterocycles. The second-order valence-electron chi connectivity index (χ2n) is 13.7. The van der Waals surface area contributed by atoms with Gasteiger partial charge < -0.3 is 4.42 Å². The number of para-hydroxylation sites is 2. The van der Waals surface area contributed by atoms with Crippen molar-refractivity contribution in [3.8, 4) is 56.5 Å². The minimum atomic E-state index is 0.438. The van der Waals surface area contributed by atoms with E-state index >= 15 is 0 Å². The van der Waals surface area contributed by atoms with Crippen LogP contribution in [-0.4, -0.2) is 15.0 Å². The summed E-state index contributed by atoms with van der Waals surface area (Å²) >= 11 is 0. The number of fused-ring (bicyclic) bond motifs is 3. The number of aromatic nitrogens is 3. The van der Waals surface area contributed by atoms with Gasteiger partial charge in [-0.05, 0) is 81.4 Å². The summed E-state index contributed by atoms with van der Waals surface area (Å²) in [4.78, 5) is 15.0. The number of hydrogen-bond donors (Lipinski definition) is 0. The van der Waals surface area contributed by atoms with Crippen LogP contribution in [0.4, 0.5) is 0 Å². The molecule has 0 fully saturated rings. The van der Waals surface area contributed by atoms with Crippen LogP contribution in [0.3, 0.4) is 0 Å². The summed E-state index contributed by atoms with van der Waals surface area (Å²) < 4.78 is 6.04. The van der Waals surface area contributed by atoms with Gasteiger partial charge in [0.05, 0.1) is 11.4 Å². The fourth-order valence-corrected chi connectivity index (χ4v) is 7.37. The van der Waals surface area contributed by atoms with Gasteiger partial charge in [0.2, 0.25) is 5.89 Å². The second kappa shape index (κ2) is 13.0. The third kappa shape index (κ3) is 6.00. The van der Waals surface area contributed by atoms with Crippen molar-refractivity contribution in [2.24, 2.45) is 5.92 Å². The third-order valence-corrected chi connectivity index (χ3v) is 10.3. The maximum atomic E-state index is 6.04. The summed E-state index contributed by atoms with van der Waals surface area (Å²) in [6.07, 6.45) is 14.3. The maximum Gasteiger partial charge on any atom is 0.227 e. The molecule has 4 heteroatoms. The van der Waals surface area contributed by atoms with E-state index < -0.39 is 0 Å². The first-order valence-corrected chi connectivity index (χ1v) is 18.0. The topological polar surface area (TPSA) is 51.8 Å². The van der Waals surface area contributed by atoms with Gasteiger partial charge in [0, 0.05) is 28.2 Å². The Hall–Kier alpha value is -6.91. The van der Waals surface area contributed by atoms with E-state index in [9.17, 15) is 0 Å². The zero-order valence-electron chi connectivity index (χ0n) is 28.9. The van der Waals surface area contributed by atoms with E-state index in [1.807, 2.05) is 48.5 Å². The highest BCUT2D eigenvalue weighted by Gasteiger charge is 2.18. The smallest absolute Gasteiger partial charge is 0.227 e. The highest BCUT2D eigenvalue weighted by atomic mass is 16.3. The van der Waals surface area contributed by atoms with Gasteiger partial charge in [-0.25, -0.2) is 15.0 Å². The number of benzene rings is 6. The number of rotatable bonds is 6. The summed E-state index contributed by atoms with van der Waals surface area (Å²) in [5.41, 5.74) is 13.6. The maximum absolute atomic E-state index is 6.04. The Morgan fingerprint density at radius 2 is 1.13 bits per heavy atom. The second-order valence-corrected chi connectivity index (χ2v) is 13.7. The van der Waals surface area contributed by atoms with Crippen molar-refractivity contribution >= 4 is 27.4 Å². The Bertz CT molecular complexity index is 2750. The van der Waals surface area contributed by atoms with E-state index in [2.05, 4.69) is 139 Å². The lowest BCUT2D eigenvalue weighted by atomic mass is 9.82. The Balaban J connectivity index is 1.01. The summed E-state index contributed by atoms with van der Waals surface area (Å²) in [7, 11) is 0. The summed E-state index contributed by atoms with van der Waals surface area (Å²) in [5, 5.41) is 2.47. The Labute approximate surface area is 307 Å². The van der Waals surface area contributed by atoms with E-state index in [0.29, 0.717) is 17.6 Å². The summed E-state index contributed by atoms with van der Waals surface area (Å²) in [6.45, 7) is 0. The molecule has 0 aliphatic heterocycles. The van der Waals surface area contributed by atoms with E-state index in [1.54, 1.807) is 0 Å². The fraction of sp³-hybridized carbons (Fsp3) is 0.0408. The van der Waals surface area contributed by atoms with Crippen molar-refractivity contribution in [1.29, 1.82) is 0 Å². The molecule has 0 bridgehead atoms. The molecular weight excluding hydrogens is 647 g/mol. The van der Waals surface area contributed by atoms with Crippen molar-refractivity contribution < 1.29 is 4.42 Å². The average molecular weight is 680 g/mol. The molecule has 2 aromatic heterocycles. The van der Waals surface area contributed by atoms with Gasteiger partial charge in [0.15, 0.2) is 11.4 Å². The van der Waals surface area contributed by atoms with Crippen LogP contribution in [0.15, 0.2) is 192 Å². The van der Waals surface area contributed by atoms with Crippen LogP contribution in [0.2, 0.25) is 0 Å². The van der Waals surface area contributed by atoms with Crippen LogP contribution in [0.5, 0.6) is 0 Å². The largest absolute Gasteiger partial charge is 0.436 e. The van der Waals surface area contributed by atoms with Gasteiger partial charge in [-0.3, -0.25) is 0 Å². The molecule has 0 amide bonds. The predicted octanol–water partition coefficient (Wildman–Crippen LogP) is 12.6. The first-order chi connectivity index (χ1) is 26.2. The lowest BCUT2D eigenvalue weighted by molar-refractivity contribution is 0.620. The molecule has 2 aliphatic rings. The van der Waals surface area contributed by atoms with Gasteiger partial charge in [0.1, 0.15) is 5.52 Å². The molecule has 2 aliphatic carbocycles. The molecule has 1 atom stereocenters. The monoisotopic (exact) mass is 679 g/mol. The number of allylic oxidation sites excluding steroid dienone is 8. The summed E-state index contributed by atoms with van der Waals surface area (Å²) in [5.74, 6) is 1.69. The normalized spacial score (nSPS) is 15.0. The lowest BCUT2D eigenvalue weighted by Crippen LogP contribution is -2.06. The third-order valence-electron chi connectivity index (χ3n) is 10.3. The SMILES string of the molecule is C1=CC2=CC=C(c3ccc(-c4cc(-c5ccc(-c6ccc7ccccc7c6)cc5)nc(-c5ccc(-c6nc7ccccc7o6)cc5)n4)cc3)CC2C=C1. The molecule has 10 rings (SSSR count). The molecule has 0 N–H and O–H groups in total. The minimum Gasteiger partial charge on any atom is -0.436 e. The van der Waals surface area contributed by atoms with Crippen molar-refractivity contribution in [1.82, 2.24) is 15.0 Å². The van der Waals surface area contributed by atoms with Crippen LogP contribution in [0, 0.1) is 5.92 Å². The lowest BCUT2D eigenvalue weighted by Gasteiger charge is -2.22. The van der Waals surface area contributed by atoms with Crippen LogP contribution < -0.4 is 0 Å². The van der Waals surface area contributed by atoms with Crippen molar-refractivity contribution in [3.63, 3.8) is 0 Å². The molecule has 6 aromatic carbocycles. The molecule has 53 heavy (non-hydrogen) atoms. The molecule has 0 radical (unpaired) electrons. The van der Waals surface area contributed by atoms with Gasteiger partial charge >= 0.3 is 0 Å². The number of nitrogens with zero attached hydrogens (tertiary/aromatic N) is 3. The minimum absolute atomic E-state index is 0.438. The van der Waals surface area contributed by atoms with Crippen molar-refractivity contribution in [2.75, 3.05) is 0 Å². The Kier molecular flexibility index (Phi) is 7.58. The zero-order valence-corrected chi connectivity index (χ0v) is 28.9. The van der Waals surface area contributed by atoms with Crippen LogP contribution in [0.1, 0.15) is 12.0 Å². The average Bonchev–Trinajstić information content (AvgIpc) is 3.68. The van der Waals surface area contributed by atoms with Crippen LogP contribution in [-0.2, 0) is 0 Å². The van der Waals surface area contributed by atoms with Gasteiger partial charge in [-0.15, -0.1) is 0 Å². The molecule has 8 aromatic rings. The highest BCUT2D eigenvalue weighted by Crippen LogP contribution is 2.36. The van der Waals surface area contributed by atoms with Crippen molar-refractivity contribution in [2.45, 2.75) is 6.42 Å². The quantitative estimate of drug-likeness (QED) is 0.175. The van der Waals surface area contributed by atoms with Gasteiger partial charge in [0.25, 0.3) is 0 Å². The number of oxazole rings is 1. The standard InChI is InChI=1S/C49H33N3O/c1-3-9-40-29-42(27-17-32(40)7-1)34-13-19-36(20-14-34)45-31-46(37-21-15-35(16-22-37)43-28-18-33-8-2-4-10-41(33)30-43)51-48(50-45)38-23-25-39(26-24-38)49-52-44-11-5-6-12-47(44)53-49/h1-29,31,41H,30H2. The number of hydrogen-bond acceptors (Lipinski definition) is 4. The highest BCUT2D eigenvalue weighted by molar-refractivity contribution is 5.88. The van der Waals surface area contributed by atoms with E-state index in [0.717, 1.165) is 56.7 Å².